The van der Waals surface area contributed by atoms with Gasteiger partial charge in [-0.05, 0) is 24.6 Å². The lowest BCUT2D eigenvalue weighted by molar-refractivity contribution is -0.117. The van der Waals surface area contributed by atoms with Crippen LogP contribution in [-0.4, -0.2) is 53.7 Å². The smallest absolute Gasteiger partial charge is 0.252 e. The average molecular weight is 356 g/mol. The van der Waals surface area contributed by atoms with Gasteiger partial charge in [0.05, 0.1) is 24.0 Å². The van der Waals surface area contributed by atoms with Gasteiger partial charge in [-0.25, -0.2) is 12.8 Å². The van der Waals surface area contributed by atoms with Crippen LogP contribution in [0.15, 0.2) is 29.3 Å². The molecular formula is C15H17FN2O3S2. The van der Waals surface area contributed by atoms with Gasteiger partial charge >= 0.3 is 0 Å². The molecule has 124 valence electrons. The SMILES string of the molecule is CCN1C(=NC(=O)Cc2ccc(F)cc2)S[C@H]2CS(=O)(=O)C[C@@H]21. The molecule has 2 aliphatic rings. The fourth-order valence-corrected chi connectivity index (χ4v) is 6.96. The van der Waals surface area contributed by atoms with Crippen LogP contribution in [0.1, 0.15) is 12.5 Å². The summed E-state index contributed by atoms with van der Waals surface area (Å²) in [4.78, 5) is 18.2. The number of fused-ring (bicyclic) bond motifs is 1. The maximum atomic E-state index is 12.9. The minimum atomic E-state index is -2.99. The number of sulfone groups is 1. The number of carbonyl (C=O) groups excluding carboxylic acids is 1. The number of benzene rings is 1. The second-order valence-electron chi connectivity index (χ2n) is 5.68. The van der Waals surface area contributed by atoms with Crippen molar-refractivity contribution in [1.82, 2.24) is 4.90 Å². The monoisotopic (exact) mass is 356 g/mol. The number of amides is 1. The van der Waals surface area contributed by atoms with Gasteiger partial charge in [-0.3, -0.25) is 4.79 Å². The molecule has 2 atom stereocenters. The van der Waals surface area contributed by atoms with Crippen molar-refractivity contribution in [1.29, 1.82) is 0 Å². The number of carbonyl (C=O) groups is 1. The molecule has 0 spiro atoms. The Labute approximate surface area is 138 Å². The molecule has 2 aliphatic heterocycles. The van der Waals surface area contributed by atoms with Gasteiger partial charge in [0.25, 0.3) is 5.91 Å². The number of hydrogen-bond acceptors (Lipinski definition) is 4. The van der Waals surface area contributed by atoms with Gasteiger partial charge in [-0.15, -0.1) is 0 Å². The maximum absolute atomic E-state index is 12.9. The number of aliphatic imine (C=N–C) groups is 1. The van der Waals surface area contributed by atoms with E-state index in [9.17, 15) is 17.6 Å². The molecule has 0 saturated carbocycles. The molecular weight excluding hydrogens is 339 g/mol. The Kier molecular flexibility index (Phi) is 4.46. The van der Waals surface area contributed by atoms with Crippen molar-refractivity contribution < 1.29 is 17.6 Å². The molecule has 0 bridgehead atoms. The summed E-state index contributed by atoms with van der Waals surface area (Å²) in [7, 11) is -2.99. The second kappa shape index (κ2) is 6.24. The summed E-state index contributed by atoms with van der Waals surface area (Å²) in [5, 5.41) is 0.557. The molecule has 2 heterocycles. The number of halogens is 1. The zero-order valence-electron chi connectivity index (χ0n) is 12.6. The van der Waals surface area contributed by atoms with Crippen molar-refractivity contribution in [3.63, 3.8) is 0 Å². The first-order valence-electron chi connectivity index (χ1n) is 7.37. The van der Waals surface area contributed by atoms with Crippen LogP contribution in [0.5, 0.6) is 0 Å². The lowest BCUT2D eigenvalue weighted by Crippen LogP contribution is -2.37. The van der Waals surface area contributed by atoms with Crippen molar-refractivity contribution >= 4 is 32.7 Å². The van der Waals surface area contributed by atoms with Crippen LogP contribution >= 0.6 is 11.8 Å². The highest BCUT2D eigenvalue weighted by Crippen LogP contribution is 2.37. The Morgan fingerprint density at radius 2 is 2.04 bits per heavy atom. The molecule has 1 amide bonds. The normalized spacial score (nSPS) is 27.4. The third-order valence-corrected chi connectivity index (χ3v) is 7.25. The van der Waals surface area contributed by atoms with Gasteiger partial charge in [-0.2, -0.15) is 4.99 Å². The Balaban J connectivity index is 1.72. The molecule has 3 rings (SSSR count). The van der Waals surface area contributed by atoms with E-state index in [-0.39, 0.29) is 40.9 Å². The molecule has 23 heavy (non-hydrogen) atoms. The summed E-state index contributed by atoms with van der Waals surface area (Å²) in [6, 6.07) is 5.66. The summed E-state index contributed by atoms with van der Waals surface area (Å²) in [5.74, 6) is -0.376. The molecule has 2 fully saturated rings. The first-order valence-corrected chi connectivity index (χ1v) is 10.1. The molecule has 0 aliphatic carbocycles. The maximum Gasteiger partial charge on any atom is 0.252 e. The van der Waals surface area contributed by atoms with Crippen LogP contribution in [0.2, 0.25) is 0 Å². The lowest BCUT2D eigenvalue weighted by Gasteiger charge is -2.22. The van der Waals surface area contributed by atoms with E-state index < -0.39 is 9.84 Å². The van der Waals surface area contributed by atoms with Crippen LogP contribution in [0.3, 0.4) is 0 Å². The number of amidine groups is 1. The van der Waals surface area contributed by atoms with Gasteiger partial charge in [0.2, 0.25) is 0 Å². The fraction of sp³-hybridized carbons (Fsp3) is 0.467. The number of hydrogen-bond donors (Lipinski definition) is 0. The molecule has 2 saturated heterocycles. The molecule has 1 aromatic rings. The zero-order chi connectivity index (χ0) is 16.6. The van der Waals surface area contributed by atoms with Gasteiger partial charge in [0, 0.05) is 11.8 Å². The fourth-order valence-electron chi connectivity index (χ4n) is 2.93. The molecule has 8 heteroatoms. The predicted octanol–water partition coefficient (Wildman–Crippen LogP) is 1.49. The number of nitrogens with zero attached hydrogens (tertiary/aromatic N) is 2. The summed E-state index contributed by atoms with van der Waals surface area (Å²) in [5.41, 5.74) is 0.703. The van der Waals surface area contributed by atoms with E-state index in [0.717, 1.165) is 0 Å². The summed E-state index contributed by atoms with van der Waals surface area (Å²) in [6.07, 6.45) is 0.107. The minimum absolute atomic E-state index is 0.0441. The van der Waals surface area contributed by atoms with Gasteiger partial charge in [-0.1, -0.05) is 23.9 Å². The van der Waals surface area contributed by atoms with Crippen molar-refractivity contribution in [2.24, 2.45) is 4.99 Å². The van der Waals surface area contributed by atoms with E-state index in [1.54, 1.807) is 12.1 Å². The van der Waals surface area contributed by atoms with Gasteiger partial charge < -0.3 is 4.90 Å². The second-order valence-corrected chi connectivity index (χ2v) is 9.04. The van der Waals surface area contributed by atoms with Crippen LogP contribution in [0, 0.1) is 5.82 Å². The molecule has 5 nitrogen and oxygen atoms in total. The van der Waals surface area contributed by atoms with E-state index >= 15 is 0 Å². The van der Waals surface area contributed by atoms with E-state index in [1.165, 1.54) is 23.9 Å². The first kappa shape index (κ1) is 16.4. The zero-order valence-corrected chi connectivity index (χ0v) is 14.2. The Morgan fingerprint density at radius 3 is 2.70 bits per heavy atom. The van der Waals surface area contributed by atoms with Crippen molar-refractivity contribution in [3.8, 4) is 0 Å². The van der Waals surface area contributed by atoms with Crippen LogP contribution in [-0.2, 0) is 21.1 Å². The third-order valence-electron chi connectivity index (χ3n) is 4.00. The predicted molar refractivity (Wildman–Crippen MR) is 88.7 cm³/mol. The molecule has 1 aromatic carbocycles. The molecule has 0 N–H and O–H groups in total. The number of rotatable bonds is 3. The van der Waals surface area contributed by atoms with Crippen molar-refractivity contribution in [3.05, 3.63) is 35.6 Å². The first-order chi connectivity index (χ1) is 10.9. The van der Waals surface area contributed by atoms with E-state index in [2.05, 4.69) is 4.99 Å². The Morgan fingerprint density at radius 1 is 1.35 bits per heavy atom. The summed E-state index contributed by atoms with van der Waals surface area (Å²) < 4.78 is 36.3. The summed E-state index contributed by atoms with van der Waals surface area (Å²) in [6.45, 7) is 2.54. The van der Waals surface area contributed by atoms with Crippen molar-refractivity contribution in [2.75, 3.05) is 18.1 Å². The highest BCUT2D eigenvalue weighted by Gasteiger charge is 2.48. The van der Waals surface area contributed by atoms with E-state index in [0.29, 0.717) is 17.3 Å². The van der Waals surface area contributed by atoms with Gasteiger partial charge in [0.15, 0.2) is 15.0 Å². The highest BCUT2D eigenvalue weighted by atomic mass is 32.2. The molecule has 0 aromatic heterocycles. The Hall–Kier alpha value is -1.41. The average Bonchev–Trinajstić information content (AvgIpc) is 2.92. The molecule has 0 unspecified atom stereocenters. The lowest BCUT2D eigenvalue weighted by atomic mass is 10.1. The van der Waals surface area contributed by atoms with Crippen LogP contribution < -0.4 is 0 Å². The van der Waals surface area contributed by atoms with E-state index in [1.807, 2.05) is 11.8 Å². The highest BCUT2D eigenvalue weighted by molar-refractivity contribution is 8.15. The van der Waals surface area contributed by atoms with Gasteiger partial charge in [0.1, 0.15) is 5.82 Å². The third kappa shape index (κ3) is 3.58. The number of thioether (sulfide) groups is 1. The van der Waals surface area contributed by atoms with Crippen molar-refractivity contribution in [2.45, 2.75) is 24.6 Å². The quantitative estimate of drug-likeness (QED) is 0.821. The van der Waals surface area contributed by atoms with E-state index in [4.69, 9.17) is 0 Å². The largest absolute Gasteiger partial charge is 0.346 e. The van der Waals surface area contributed by atoms with Crippen LogP contribution in [0.25, 0.3) is 0 Å². The Bertz CT molecular complexity index is 746. The minimum Gasteiger partial charge on any atom is -0.346 e. The summed E-state index contributed by atoms with van der Waals surface area (Å²) >= 11 is 1.37. The van der Waals surface area contributed by atoms with Crippen LogP contribution in [0.4, 0.5) is 4.39 Å². The topological polar surface area (TPSA) is 66.8 Å². The standard InChI is InChI=1S/C15H17FN2O3S2/c1-2-18-12-8-23(20,21)9-13(12)22-15(18)17-14(19)7-10-3-5-11(16)6-4-10/h3-6,12-13H,2,7-9H2,1H3/t12-,13-/m0/s1. The molecule has 0 radical (unpaired) electrons.